The number of carbonyl (C=O) groups is 2. The lowest BCUT2D eigenvalue weighted by Crippen LogP contribution is -2.40. The lowest BCUT2D eigenvalue weighted by atomic mass is 9.80. The molecule has 5 nitrogen and oxygen atoms in total. The third kappa shape index (κ3) is 4.40. The van der Waals surface area contributed by atoms with E-state index in [9.17, 15) is 9.59 Å². The van der Waals surface area contributed by atoms with Gasteiger partial charge in [0.25, 0.3) is 5.91 Å². The van der Waals surface area contributed by atoms with Crippen molar-refractivity contribution in [2.45, 2.75) is 5.60 Å². The summed E-state index contributed by atoms with van der Waals surface area (Å²) in [7, 11) is 1.34. The summed E-state index contributed by atoms with van der Waals surface area (Å²) < 4.78 is 5.62. The van der Waals surface area contributed by atoms with Crippen molar-refractivity contribution in [2.75, 3.05) is 7.11 Å². The number of carbonyl (C=O) groups excluding carboxylic acids is 2. The van der Waals surface area contributed by atoms with Crippen LogP contribution in [0, 0.1) is 0 Å². The second-order valence-corrected chi connectivity index (χ2v) is 9.25. The summed E-state index contributed by atoms with van der Waals surface area (Å²) >= 11 is 1.29. The fourth-order valence-corrected chi connectivity index (χ4v) is 5.24. The Kier molecular flexibility index (Phi) is 6.62. The highest BCUT2D eigenvalue weighted by atomic mass is 32.1. The molecule has 1 amide bonds. The number of hydrogen-bond acceptors (Lipinski definition) is 5. The first-order valence-electron chi connectivity index (χ1n) is 11.4. The van der Waals surface area contributed by atoms with Crippen LogP contribution in [-0.2, 0) is 15.2 Å². The molecular formula is C30H23NO4S. The highest BCUT2D eigenvalue weighted by molar-refractivity contribution is 7.20. The Morgan fingerprint density at radius 3 is 1.75 bits per heavy atom. The van der Waals surface area contributed by atoms with E-state index in [1.807, 2.05) is 91.0 Å². The van der Waals surface area contributed by atoms with E-state index in [1.54, 1.807) is 24.3 Å². The largest absolute Gasteiger partial charge is 0.465 e. The molecule has 1 aromatic heterocycles. The molecule has 0 spiro atoms. The normalized spacial score (nSPS) is 11.2. The van der Waals surface area contributed by atoms with Crippen LogP contribution in [0.1, 0.15) is 36.7 Å². The van der Waals surface area contributed by atoms with Gasteiger partial charge in [0.1, 0.15) is 0 Å². The Bertz CT molecular complexity index is 1400. The predicted molar refractivity (Wildman–Crippen MR) is 141 cm³/mol. The van der Waals surface area contributed by atoms with Crippen molar-refractivity contribution in [3.8, 4) is 0 Å². The third-order valence-electron chi connectivity index (χ3n) is 6.00. The van der Waals surface area contributed by atoms with Crippen LogP contribution in [0.3, 0.4) is 0 Å². The molecule has 5 rings (SSSR count). The van der Waals surface area contributed by atoms with Crippen molar-refractivity contribution >= 4 is 33.3 Å². The second kappa shape index (κ2) is 10.2. The molecule has 0 aliphatic rings. The number of benzene rings is 4. The van der Waals surface area contributed by atoms with Gasteiger partial charge in [-0.1, -0.05) is 97.1 Å². The maximum absolute atomic E-state index is 13.3. The first-order valence-corrected chi connectivity index (χ1v) is 12.2. The summed E-state index contributed by atoms with van der Waals surface area (Å²) in [6, 6.07) is 36.5. The number of fused-ring (bicyclic) bond motifs is 1. The molecule has 0 saturated heterocycles. The highest BCUT2D eigenvalue weighted by Crippen LogP contribution is 2.40. The maximum Gasteiger partial charge on any atom is 0.337 e. The van der Waals surface area contributed by atoms with Crippen LogP contribution < -0.4 is 5.48 Å². The first-order chi connectivity index (χ1) is 17.6. The molecule has 1 heterocycles. The van der Waals surface area contributed by atoms with Crippen LogP contribution >= 0.6 is 11.3 Å². The Hall–Kier alpha value is -4.26. The van der Waals surface area contributed by atoms with Crippen molar-refractivity contribution in [1.29, 1.82) is 0 Å². The second-order valence-electron chi connectivity index (χ2n) is 8.17. The minimum Gasteiger partial charge on any atom is -0.465 e. The molecule has 0 radical (unpaired) electrons. The van der Waals surface area contributed by atoms with Crippen LogP contribution in [0.2, 0.25) is 0 Å². The number of thiophene rings is 1. The van der Waals surface area contributed by atoms with Crippen molar-refractivity contribution < 1.29 is 19.2 Å². The zero-order chi connectivity index (χ0) is 25.0. The Labute approximate surface area is 212 Å². The average molecular weight is 494 g/mol. The quantitative estimate of drug-likeness (QED) is 0.163. The minimum atomic E-state index is -1.08. The lowest BCUT2D eigenvalue weighted by Gasteiger charge is -2.34. The SMILES string of the molecule is COC(=O)c1ccc2cc(C(=O)NOC(c3ccccc3)(c3ccccc3)c3ccccc3)sc2c1. The summed E-state index contributed by atoms with van der Waals surface area (Å²) in [4.78, 5) is 32.1. The van der Waals surface area contributed by atoms with E-state index in [-0.39, 0.29) is 5.91 Å². The van der Waals surface area contributed by atoms with Crippen LogP contribution in [0.5, 0.6) is 0 Å². The Balaban J connectivity index is 1.53. The van der Waals surface area contributed by atoms with Gasteiger partial charge in [0.2, 0.25) is 0 Å². The van der Waals surface area contributed by atoms with Gasteiger partial charge in [0.05, 0.1) is 17.6 Å². The fraction of sp³-hybridized carbons (Fsp3) is 0.0667. The summed E-state index contributed by atoms with van der Waals surface area (Å²) in [5, 5.41) is 0.859. The fourth-order valence-electron chi connectivity index (χ4n) is 4.26. The zero-order valence-electron chi connectivity index (χ0n) is 19.5. The molecule has 36 heavy (non-hydrogen) atoms. The summed E-state index contributed by atoms with van der Waals surface area (Å²) in [6.45, 7) is 0. The topological polar surface area (TPSA) is 64.6 Å². The van der Waals surface area contributed by atoms with Gasteiger partial charge in [-0.15, -0.1) is 11.3 Å². The monoisotopic (exact) mass is 493 g/mol. The van der Waals surface area contributed by atoms with E-state index in [2.05, 4.69) is 5.48 Å². The molecule has 0 aliphatic carbocycles. The number of methoxy groups -OCH3 is 1. The van der Waals surface area contributed by atoms with Crippen LogP contribution in [0.15, 0.2) is 115 Å². The van der Waals surface area contributed by atoms with E-state index in [0.717, 1.165) is 26.8 Å². The van der Waals surface area contributed by atoms with Gasteiger partial charge < -0.3 is 4.74 Å². The van der Waals surface area contributed by atoms with Crippen LogP contribution in [0.25, 0.3) is 10.1 Å². The molecule has 0 aliphatic heterocycles. The summed E-state index contributed by atoms with van der Waals surface area (Å²) in [5.74, 6) is -0.791. The molecule has 0 bridgehead atoms. The third-order valence-corrected chi connectivity index (χ3v) is 7.10. The van der Waals surface area contributed by atoms with Gasteiger partial charge in [0, 0.05) is 4.70 Å². The Morgan fingerprint density at radius 1 is 0.722 bits per heavy atom. The minimum absolute atomic E-state index is 0.372. The van der Waals surface area contributed by atoms with Crippen molar-refractivity contribution in [1.82, 2.24) is 5.48 Å². The number of esters is 1. The number of hydrogen-bond donors (Lipinski definition) is 1. The standard InChI is InChI=1S/C30H23NO4S/c1-34-29(33)22-18-17-21-19-27(36-26(21)20-22)28(32)31-35-30(23-11-5-2-6-12-23,24-13-7-3-8-14-24)25-15-9-4-10-16-25/h2-20H,1H3,(H,31,32). The molecule has 0 atom stereocenters. The van der Waals surface area contributed by atoms with Gasteiger partial charge in [0.15, 0.2) is 5.60 Å². The van der Waals surface area contributed by atoms with Gasteiger partial charge in [-0.05, 0) is 40.3 Å². The van der Waals surface area contributed by atoms with E-state index in [0.29, 0.717) is 10.4 Å². The highest BCUT2D eigenvalue weighted by Gasteiger charge is 2.39. The molecule has 5 aromatic rings. The van der Waals surface area contributed by atoms with Gasteiger partial charge in [-0.25, -0.2) is 10.3 Å². The molecular weight excluding hydrogens is 470 g/mol. The molecule has 1 N–H and O–H groups in total. The number of hydroxylamine groups is 1. The van der Waals surface area contributed by atoms with Crippen LogP contribution in [0.4, 0.5) is 0 Å². The molecule has 0 saturated carbocycles. The van der Waals surface area contributed by atoms with E-state index in [4.69, 9.17) is 9.57 Å². The first kappa shape index (κ1) is 23.5. The van der Waals surface area contributed by atoms with Crippen molar-refractivity contribution in [2.24, 2.45) is 0 Å². The lowest BCUT2D eigenvalue weighted by molar-refractivity contribution is -0.0472. The molecule has 0 fully saturated rings. The molecule has 0 unspecified atom stereocenters. The van der Waals surface area contributed by atoms with E-state index >= 15 is 0 Å². The van der Waals surface area contributed by atoms with E-state index < -0.39 is 11.6 Å². The number of rotatable bonds is 7. The van der Waals surface area contributed by atoms with Gasteiger partial charge in [-0.2, -0.15) is 0 Å². The summed E-state index contributed by atoms with van der Waals surface area (Å²) in [6.07, 6.45) is 0. The maximum atomic E-state index is 13.3. The summed E-state index contributed by atoms with van der Waals surface area (Å²) in [5.41, 5.74) is 4.72. The molecule has 178 valence electrons. The zero-order valence-corrected chi connectivity index (χ0v) is 20.3. The van der Waals surface area contributed by atoms with Crippen molar-refractivity contribution in [3.63, 3.8) is 0 Å². The number of amides is 1. The van der Waals surface area contributed by atoms with Crippen LogP contribution in [-0.4, -0.2) is 19.0 Å². The predicted octanol–water partition coefficient (Wildman–Crippen LogP) is 6.34. The number of ether oxygens (including phenoxy) is 1. The Morgan fingerprint density at radius 2 is 1.25 bits per heavy atom. The van der Waals surface area contributed by atoms with E-state index in [1.165, 1.54) is 18.4 Å². The smallest absolute Gasteiger partial charge is 0.337 e. The molecule has 6 heteroatoms. The van der Waals surface area contributed by atoms with Crippen molar-refractivity contribution in [3.05, 3.63) is 142 Å². The number of nitrogens with one attached hydrogen (secondary N) is 1. The average Bonchev–Trinajstić information content (AvgIpc) is 3.38. The van der Waals surface area contributed by atoms with Gasteiger partial charge >= 0.3 is 5.97 Å². The van der Waals surface area contributed by atoms with Gasteiger partial charge in [-0.3, -0.25) is 9.63 Å². The molecule has 4 aromatic carbocycles.